The third-order valence-corrected chi connectivity index (χ3v) is 3.58. The molecule has 0 saturated heterocycles. The van der Waals surface area contributed by atoms with Gasteiger partial charge in [-0.25, -0.2) is 9.18 Å². The summed E-state index contributed by atoms with van der Waals surface area (Å²) in [5.41, 5.74) is -1.12. The van der Waals surface area contributed by atoms with E-state index < -0.39 is 11.6 Å². The largest absolute Gasteiger partial charge is 0.479 e. The second kappa shape index (κ2) is 3.59. The van der Waals surface area contributed by atoms with Crippen LogP contribution in [0.3, 0.4) is 0 Å². The van der Waals surface area contributed by atoms with Crippen LogP contribution in [0.15, 0.2) is 22.7 Å². The Morgan fingerprint density at radius 1 is 1.53 bits per heavy atom. The van der Waals surface area contributed by atoms with Gasteiger partial charge in [-0.2, -0.15) is 0 Å². The molecule has 1 aromatic rings. The van der Waals surface area contributed by atoms with Gasteiger partial charge in [0.15, 0.2) is 0 Å². The Kier molecular flexibility index (Phi) is 2.54. The molecule has 4 heteroatoms. The Labute approximate surface area is 95.2 Å². The minimum Gasteiger partial charge on any atom is -0.479 e. The van der Waals surface area contributed by atoms with E-state index in [0.29, 0.717) is 12.0 Å². The van der Waals surface area contributed by atoms with Crippen LogP contribution in [-0.4, -0.2) is 11.1 Å². The van der Waals surface area contributed by atoms with Crippen molar-refractivity contribution in [3.05, 3.63) is 33.8 Å². The number of halogens is 2. The van der Waals surface area contributed by atoms with E-state index in [1.54, 1.807) is 12.1 Å². The van der Waals surface area contributed by atoms with Crippen molar-refractivity contribution in [2.75, 3.05) is 0 Å². The number of aliphatic carboxylic acids is 1. The lowest BCUT2D eigenvalue weighted by Crippen LogP contribution is -2.34. The quantitative estimate of drug-likeness (QED) is 0.853. The molecular formula is C11H10BrFO2. The van der Waals surface area contributed by atoms with Crippen LogP contribution in [0.2, 0.25) is 0 Å². The number of rotatable bonds is 1. The molecule has 1 aliphatic carbocycles. The van der Waals surface area contributed by atoms with Crippen LogP contribution < -0.4 is 0 Å². The normalized spacial score (nSPS) is 24.7. The fraction of sp³-hybridized carbons (Fsp3) is 0.364. The van der Waals surface area contributed by atoms with Crippen LogP contribution in [0.4, 0.5) is 4.39 Å². The zero-order valence-corrected chi connectivity index (χ0v) is 9.55. The number of benzene rings is 1. The van der Waals surface area contributed by atoms with Crippen molar-refractivity contribution in [2.45, 2.75) is 24.9 Å². The predicted octanol–water partition coefficient (Wildman–Crippen LogP) is 3.03. The van der Waals surface area contributed by atoms with Crippen molar-refractivity contribution in [1.82, 2.24) is 0 Å². The zero-order valence-electron chi connectivity index (χ0n) is 7.96. The first-order valence-electron chi connectivity index (χ1n) is 4.76. The molecule has 0 heterocycles. The SMILES string of the molecule is O=C(O)C1(F)CCCc2c(Br)cccc21. The fourth-order valence-electron chi connectivity index (χ4n) is 2.05. The average Bonchev–Trinajstić information content (AvgIpc) is 2.20. The Morgan fingerprint density at radius 2 is 2.27 bits per heavy atom. The lowest BCUT2D eigenvalue weighted by Gasteiger charge is -2.28. The molecule has 1 atom stereocenters. The monoisotopic (exact) mass is 272 g/mol. The number of hydrogen-bond acceptors (Lipinski definition) is 1. The molecule has 0 fully saturated rings. The van der Waals surface area contributed by atoms with Gasteiger partial charge >= 0.3 is 5.97 Å². The van der Waals surface area contributed by atoms with Crippen LogP contribution in [0.25, 0.3) is 0 Å². The van der Waals surface area contributed by atoms with Gasteiger partial charge in [-0.05, 0) is 30.9 Å². The predicted molar refractivity (Wildman–Crippen MR) is 57.5 cm³/mol. The van der Waals surface area contributed by atoms with Crippen LogP contribution in [-0.2, 0) is 16.9 Å². The maximum Gasteiger partial charge on any atom is 0.346 e. The van der Waals surface area contributed by atoms with E-state index in [1.165, 1.54) is 0 Å². The van der Waals surface area contributed by atoms with Crippen molar-refractivity contribution in [3.8, 4) is 0 Å². The van der Waals surface area contributed by atoms with E-state index in [2.05, 4.69) is 15.9 Å². The molecule has 0 radical (unpaired) electrons. The maximum atomic E-state index is 14.2. The van der Waals surface area contributed by atoms with Gasteiger partial charge in [-0.3, -0.25) is 0 Å². The van der Waals surface area contributed by atoms with Gasteiger partial charge < -0.3 is 5.11 Å². The molecule has 1 aliphatic rings. The second-order valence-electron chi connectivity index (χ2n) is 3.73. The summed E-state index contributed by atoms with van der Waals surface area (Å²) >= 11 is 3.32. The third-order valence-electron chi connectivity index (χ3n) is 2.83. The highest BCUT2D eigenvalue weighted by molar-refractivity contribution is 9.10. The summed E-state index contributed by atoms with van der Waals surface area (Å²) < 4.78 is 15.0. The van der Waals surface area contributed by atoms with Crippen molar-refractivity contribution >= 4 is 21.9 Å². The van der Waals surface area contributed by atoms with Crippen molar-refractivity contribution in [2.24, 2.45) is 0 Å². The summed E-state index contributed by atoms with van der Waals surface area (Å²) in [7, 11) is 0. The highest BCUT2D eigenvalue weighted by Crippen LogP contribution is 2.41. The highest BCUT2D eigenvalue weighted by Gasteiger charge is 2.44. The number of carbonyl (C=O) groups is 1. The molecule has 0 spiro atoms. The number of carboxylic acids is 1. The van der Waals surface area contributed by atoms with E-state index in [-0.39, 0.29) is 6.42 Å². The summed E-state index contributed by atoms with van der Waals surface area (Å²) in [4.78, 5) is 11.0. The van der Waals surface area contributed by atoms with Gasteiger partial charge in [-0.1, -0.05) is 28.1 Å². The van der Waals surface area contributed by atoms with Crippen LogP contribution in [0.5, 0.6) is 0 Å². The number of hydrogen-bond donors (Lipinski definition) is 1. The molecule has 0 aliphatic heterocycles. The Balaban J connectivity index is 2.61. The molecule has 1 aromatic carbocycles. The lowest BCUT2D eigenvalue weighted by atomic mass is 9.80. The molecule has 2 rings (SSSR count). The molecule has 0 bridgehead atoms. The minimum atomic E-state index is -2.21. The van der Waals surface area contributed by atoms with E-state index in [9.17, 15) is 9.18 Å². The molecule has 1 unspecified atom stereocenters. The van der Waals surface area contributed by atoms with Crippen LogP contribution in [0, 0.1) is 0 Å². The summed E-state index contributed by atoms with van der Waals surface area (Å²) in [6.45, 7) is 0. The topological polar surface area (TPSA) is 37.3 Å². The molecule has 0 saturated carbocycles. The lowest BCUT2D eigenvalue weighted by molar-refractivity contribution is -0.152. The first-order valence-corrected chi connectivity index (χ1v) is 5.55. The highest BCUT2D eigenvalue weighted by atomic mass is 79.9. The van der Waals surface area contributed by atoms with Gasteiger partial charge in [0, 0.05) is 10.0 Å². The number of alkyl halides is 1. The van der Waals surface area contributed by atoms with Gasteiger partial charge in [-0.15, -0.1) is 0 Å². The second-order valence-corrected chi connectivity index (χ2v) is 4.58. The first-order chi connectivity index (χ1) is 7.05. The van der Waals surface area contributed by atoms with Crippen molar-refractivity contribution in [1.29, 1.82) is 0 Å². The molecule has 1 N–H and O–H groups in total. The number of fused-ring (bicyclic) bond motifs is 1. The van der Waals surface area contributed by atoms with Crippen molar-refractivity contribution < 1.29 is 14.3 Å². The third kappa shape index (κ3) is 1.57. The molecule has 0 aromatic heterocycles. The zero-order chi connectivity index (χ0) is 11.1. The van der Waals surface area contributed by atoms with Gasteiger partial charge in [0.25, 0.3) is 0 Å². The van der Waals surface area contributed by atoms with Gasteiger partial charge in [0.05, 0.1) is 0 Å². The van der Waals surface area contributed by atoms with Gasteiger partial charge in [0.1, 0.15) is 0 Å². The minimum absolute atomic E-state index is 0.0613. The van der Waals surface area contributed by atoms with Crippen LogP contribution in [0.1, 0.15) is 24.0 Å². The Hall–Kier alpha value is -0.900. The molecule has 80 valence electrons. The summed E-state index contributed by atoms with van der Waals surface area (Å²) in [6.07, 6.45) is 1.36. The fourth-order valence-corrected chi connectivity index (χ4v) is 2.61. The molecule has 2 nitrogen and oxygen atoms in total. The van der Waals surface area contributed by atoms with Crippen molar-refractivity contribution in [3.63, 3.8) is 0 Å². The molecule has 0 amide bonds. The van der Waals surface area contributed by atoms with E-state index >= 15 is 0 Å². The first kappa shape index (κ1) is 10.6. The van der Waals surface area contributed by atoms with E-state index in [1.807, 2.05) is 6.07 Å². The Bertz CT molecular complexity index is 419. The number of carboxylic acid groups (broad SMARTS) is 1. The van der Waals surface area contributed by atoms with Gasteiger partial charge in [0.2, 0.25) is 5.67 Å². The van der Waals surface area contributed by atoms with Crippen LogP contribution >= 0.6 is 15.9 Å². The molecule has 15 heavy (non-hydrogen) atoms. The maximum absolute atomic E-state index is 14.2. The average molecular weight is 273 g/mol. The van der Waals surface area contributed by atoms with E-state index in [0.717, 1.165) is 16.5 Å². The summed E-state index contributed by atoms with van der Waals surface area (Å²) in [5.74, 6) is -1.39. The smallest absolute Gasteiger partial charge is 0.346 e. The summed E-state index contributed by atoms with van der Waals surface area (Å²) in [5, 5.41) is 8.94. The van der Waals surface area contributed by atoms with E-state index in [4.69, 9.17) is 5.11 Å². The standard InChI is InChI=1S/C11H10BrFO2/c12-9-5-1-4-8-7(9)3-2-6-11(8,13)10(14)15/h1,4-5H,2-3,6H2,(H,14,15). The Morgan fingerprint density at radius 3 is 2.93 bits per heavy atom. The molecular weight excluding hydrogens is 263 g/mol. The summed E-state index contributed by atoms with van der Waals surface area (Å²) in [6, 6.07) is 5.05.